The summed E-state index contributed by atoms with van der Waals surface area (Å²) in [6, 6.07) is 16.8. The summed E-state index contributed by atoms with van der Waals surface area (Å²) < 4.78 is 20.5. The largest absolute Gasteiger partial charge is 0.438 e. The van der Waals surface area contributed by atoms with E-state index < -0.39 is 17.8 Å². The van der Waals surface area contributed by atoms with E-state index in [-0.39, 0.29) is 29.4 Å². The quantitative estimate of drug-likeness (QED) is 0.304. The van der Waals surface area contributed by atoms with Gasteiger partial charge in [-0.15, -0.1) is 0 Å². The number of amides is 2. The van der Waals surface area contributed by atoms with Gasteiger partial charge in [-0.3, -0.25) is 19.5 Å². The Hall–Kier alpha value is -4.87. The number of benzene rings is 2. The molecule has 2 fully saturated rings. The molecule has 1 saturated heterocycles. The van der Waals surface area contributed by atoms with Crippen molar-refractivity contribution in [1.29, 1.82) is 0 Å². The molecule has 3 aromatic rings. The van der Waals surface area contributed by atoms with Gasteiger partial charge in [0.2, 0.25) is 11.8 Å². The zero-order valence-corrected chi connectivity index (χ0v) is 29.4. The van der Waals surface area contributed by atoms with Gasteiger partial charge in [-0.1, -0.05) is 42.5 Å². The highest BCUT2D eigenvalue weighted by molar-refractivity contribution is 6.00. The minimum absolute atomic E-state index is 0.00965. The first kappa shape index (κ1) is 34.6. The number of likely N-dealkylation sites (N-methyl/N-ethyl adjacent to an activating group) is 1. The zero-order valence-electron chi connectivity index (χ0n) is 29.4. The number of carbonyl (C=O) groups excluding carboxylic acids is 2. The Labute approximate surface area is 299 Å². The van der Waals surface area contributed by atoms with Gasteiger partial charge < -0.3 is 25.2 Å². The summed E-state index contributed by atoms with van der Waals surface area (Å²) in [4.78, 5) is 42.2. The second-order valence-electron chi connectivity index (χ2n) is 14.1. The van der Waals surface area contributed by atoms with Crippen LogP contribution in [0.4, 0.5) is 4.39 Å². The molecular weight excluding hydrogens is 645 g/mol. The third kappa shape index (κ3) is 8.54. The van der Waals surface area contributed by atoms with Crippen LogP contribution in [0.3, 0.4) is 0 Å². The Balaban J connectivity index is 0.932. The molecule has 2 amide bonds. The number of nitrogens with zero attached hydrogens (tertiary/aromatic N) is 5. The van der Waals surface area contributed by atoms with Crippen LogP contribution in [0.15, 0.2) is 89.7 Å². The highest BCUT2D eigenvalue weighted by atomic mass is 19.1. The molecule has 4 heterocycles. The summed E-state index contributed by atoms with van der Waals surface area (Å²) in [6.07, 6.45) is 10.9. The fourth-order valence-corrected chi connectivity index (χ4v) is 7.28. The van der Waals surface area contributed by atoms with Crippen molar-refractivity contribution in [2.24, 2.45) is 4.99 Å². The Morgan fingerprint density at radius 2 is 1.73 bits per heavy atom. The molecule has 11 heteroatoms. The van der Waals surface area contributed by atoms with Crippen LogP contribution in [0, 0.1) is 5.82 Å². The molecule has 0 spiro atoms. The maximum absolute atomic E-state index is 14.4. The van der Waals surface area contributed by atoms with E-state index in [1.54, 1.807) is 6.07 Å². The van der Waals surface area contributed by atoms with Gasteiger partial charge in [0.15, 0.2) is 0 Å². The Kier molecular flexibility index (Phi) is 10.6. The van der Waals surface area contributed by atoms with Gasteiger partial charge in [0.05, 0.1) is 12.7 Å². The molecule has 2 N–H and O–H groups in total. The molecule has 10 nitrogen and oxygen atoms in total. The van der Waals surface area contributed by atoms with Crippen molar-refractivity contribution < 1.29 is 18.7 Å². The minimum atomic E-state index is -0.618. The monoisotopic (exact) mass is 691 g/mol. The Morgan fingerprint density at radius 1 is 0.941 bits per heavy atom. The molecule has 0 radical (unpaired) electrons. The van der Waals surface area contributed by atoms with Crippen LogP contribution in [0.5, 0.6) is 11.6 Å². The van der Waals surface area contributed by atoms with Crippen LogP contribution < -0.4 is 15.4 Å². The van der Waals surface area contributed by atoms with Crippen molar-refractivity contribution in [3.05, 3.63) is 102 Å². The summed E-state index contributed by atoms with van der Waals surface area (Å²) >= 11 is 0. The predicted octanol–water partition coefficient (Wildman–Crippen LogP) is 5.53. The average Bonchev–Trinajstić information content (AvgIpc) is 3.48. The molecule has 7 rings (SSSR count). The van der Waals surface area contributed by atoms with Gasteiger partial charge in [0.25, 0.3) is 5.91 Å². The number of allylic oxidation sites excluding steroid dienone is 3. The van der Waals surface area contributed by atoms with E-state index in [0.717, 1.165) is 80.5 Å². The van der Waals surface area contributed by atoms with E-state index >= 15 is 0 Å². The van der Waals surface area contributed by atoms with E-state index in [9.17, 15) is 14.0 Å². The lowest BCUT2D eigenvalue weighted by molar-refractivity contribution is -0.123. The Bertz CT molecular complexity index is 1830. The number of rotatable bonds is 9. The molecule has 3 aliphatic heterocycles. The predicted molar refractivity (Wildman–Crippen MR) is 196 cm³/mol. The summed E-state index contributed by atoms with van der Waals surface area (Å²) in [6.45, 7) is 7.90. The molecule has 1 aliphatic carbocycles. The van der Waals surface area contributed by atoms with Crippen LogP contribution >= 0.6 is 0 Å². The van der Waals surface area contributed by atoms with E-state index in [1.165, 1.54) is 12.0 Å². The maximum Gasteiger partial charge on any atom is 0.257 e. The molecule has 4 aliphatic rings. The summed E-state index contributed by atoms with van der Waals surface area (Å²) in [7, 11) is 2.18. The third-order valence-corrected chi connectivity index (χ3v) is 10.3. The molecular formula is C40H46FN7O3. The van der Waals surface area contributed by atoms with Crippen molar-refractivity contribution >= 4 is 17.6 Å². The number of hydrogen-bond acceptors (Lipinski definition) is 8. The number of amidine groups is 1. The minimum Gasteiger partial charge on any atom is -0.438 e. The number of aromatic nitrogens is 1. The van der Waals surface area contributed by atoms with Gasteiger partial charge in [-0.05, 0) is 106 Å². The van der Waals surface area contributed by atoms with Crippen LogP contribution in [-0.4, -0.2) is 95.2 Å². The van der Waals surface area contributed by atoms with Gasteiger partial charge in [0.1, 0.15) is 29.0 Å². The molecule has 2 aromatic carbocycles. The summed E-state index contributed by atoms with van der Waals surface area (Å²) in [5, 5.41) is 6.21. The summed E-state index contributed by atoms with van der Waals surface area (Å²) in [5.41, 5.74) is 4.41. The van der Waals surface area contributed by atoms with Gasteiger partial charge in [0, 0.05) is 37.4 Å². The number of ether oxygens (including phenoxy) is 1. The number of aliphatic imine (C=N–C) groups is 1. The van der Waals surface area contributed by atoms with Gasteiger partial charge in [-0.25, -0.2) is 9.37 Å². The number of carbonyl (C=O) groups is 2. The van der Waals surface area contributed by atoms with Crippen LogP contribution in [-0.2, 0) is 11.3 Å². The first-order valence-electron chi connectivity index (χ1n) is 18.0. The smallest absolute Gasteiger partial charge is 0.257 e. The molecule has 1 atom stereocenters. The molecule has 1 saturated carbocycles. The van der Waals surface area contributed by atoms with Crippen molar-refractivity contribution in [2.45, 2.75) is 63.7 Å². The lowest BCUT2D eigenvalue weighted by atomic mass is 9.90. The van der Waals surface area contributed by atoms with E-state index in [0.29, 0.717) is 25.1 Å². The molecule has 1 aromatic heterocycles. The van der Waals surface area contributed by atoms with E-state index in [1.807, 2.05) is 43.4 Å². The van der Waals surface area contributed by atoms with Crippen molar-refractivity contribution in [3.8, 4) is 22.8 Å². The lowest BCUT2D eigenvalue weighted by Crippen LogP contribution is -2.47. The average molecular weight is 692 g/mol. The van der Waals surface area contributed by atoms with Crippen molar-refractivity contribution in [2.75, 3.05) is 39.8 Å². The van der Waals surface area contributed by atoms with E-state index in [4.69, 9.17) is 4.74 Å². The number of nitrogens with one attached hydrogen (secondary N) is 2. The first-order chi connectivity index (χ1) is 24.8. The SMILES string of the molecule is CC1=CC=CC2=NC(C(=O)N[C@H]3CC[C@@H](NC(=O)c4cc(F)cnc4Oc4cccc(-c5ccc(CN6CCCN(C)CC6)cc5)c4)CC3)CN12. The number of fused-ring (bicyclic) bond motifs is 1. The number of hydrogen-bond donors (Lipinski definition) is 2. The Morgan fingerprint density at radius 3 is 2.51 bits per heavy atom. The maximum atomic E-state index is 14.4. The lowest BCUT2D eigenvalue weighted by Gasteiger charge is -2.30. The van der Waals surface area contributed by atoms with Crippen molar-refractivity contribution in [3.63, 3.8) is 0 Å². The topological polar surface area (TPSA) is 102 Å². The highest BCUT2D eigenvalue weighted by Gasteiger charge is 2.33. The number of pyridine rings is 1. The second kappa shape index (κ2) is 15.6. The third-order valence-electron chi connectivity index (χ3n) is 10.3. The second-order valence-corrected chi connectivity index (χ2v) is 14.1. The number of halogens is 1. The standard InChI is InChI=1S/C40H46FN7O3/c1-27-6-3-9-37-45-36(26-48(27)37)39(50)44-33-16-14-32(15-17-33)43-38(49)35-23-31(41)24-42-40(35)51-34-8-4-7-30(22-34)29-12-10-28(11-13-29)25-47-19-5-18-46(2)20-21-47/h3-4,6-13,22-24,32-33,36H,5,14-21,25-26H2,1-2H3,(H,43,49)(H,44,50)/t32-,33+,36?. The fraction of sp³-hybridized carbons (Fsp3) is 0.400. The van der Waals surface area contributed by atoms with Crippen LogP contribution in [0.2, 0.25) is 0 Å². The highest BCUT2D eigenvalue weighted by Crippen LogP contribution is 2.30. The molecule has 266 valence electrons. The summed E-state index contributed by atoms with van der Waals surface area (Å²) in [5.74, 6) is 0.229. The molecule has 0 bridgehead atoms. The van der Waals surface area contributed by atoms with Crippen molar-refractivity contribution in [1.82, 2.24) is 30.3 Å². The molecule has 1 unspecified atom stereocenters. The fourth-order valence-electron chi connectivity index (χ4n) is 7.28. The first-order valence-corrected chi connectivity index (χ1v) is 18.0. The van der Waals surface area contributed by atoms with E-state index in [2.05, 4.69) is 66.6 Å². The van der Waals surface area contributed by atoms with Gasteiger partial charge in [-0.2, -0.15) is 0 Å². The molecule has 51 heavy (non-hydrogen) atoms. The normalized spacial score (nSPS) is 22.4. The van der Waals surface area contributed by atoms with Crippen LogP contribution in [0.1, 0.15) is 54.9 Å². The van der Waals surface area contributed by atoms with Crippen LogP contribution in [0.25, 0.3) is 11.1 Å². The van der Waals surface area contributed by atoms with Gasteiger partial charge >= 0.3 is 0 Å². The zero-order chi connectivity index (χ0) is 35.3.